The third kappa shape index (κ3) is 3.08. The SMILES string of the molecule is CNCCC(c1ccc(F)cc1)n1ccc2cccc(OC)c21. The Morgan fingerprint density at radius 3 is 2.61 bits per heavy atom. The molecule has 1 atom stereocenters. The highest BCUT2D eigenvalue weighted by Gasteiger charge is 2.17. The van der Waals surface area contributed by atoms with Crippen LogP contribution in [-0.2, 0) is 0 Å². The minimum Gasteiger partial charge on any atom is -0.495 e. The van der Waals surface area contributed by atoms with E-state index in [1.54, 1.807) is 7.11 Å². The molecule has 1 aromatic heterocycles. The van der Waals surface area contributed by atoms with E-state index in [0.717, 1.165) is 35.2 Å². The van der Waals surface area contributed by atoms with Gasteiger partial charge in [-0.3, -0.25) is 0 Å². The first-order valence-corrected chi connectivity index (χ1v) is 7.78. The van der Waals surface area contributed by atoms with E-state index in [1.807, 2.05) is 31.3 Å². The Balaban J connectivity index is 2.11. The summed E-state index contributed by atoms with van der Waals surface area (Å²) < 4.78 is 21.0. The first-order chi connectivity index (χ1) is 11.2. The summed E-state index contributed by atoms with van der Waals surface area (Å²) in [5.74, 6) is 0.639. The number of para-hydroxylation sites is 1. The van der Waals surface area contributed by atoms with E-state index < -0.39 is 0 Å². The van der Waals surface area contributed by atoms with Crippen molar-refractivity contribution < 1.29 is 9.13 Å². The molecule has 1 N–H and O–H groups in total. The average Bonchev–Trinajstić information content (AvgIpc) is 3.01. The number of nitrogens with one attached hydrogen (secondary N) is 1. The van der Waals surface area contributed by atoms with E-state index in [2.05, 4.69) is 28.2 Å². The van der Waals surface area contributed by atoms with Crippen molar-refractivity contribution >= 4 is 10.9 Å². The van der Waals surface area contributed by atoms with Gasteiger partial charge in [0.1, 0.15) is 11.6 Å². The molecule has 3 rings (SSSR count). The predicted molar refractivity (Wildman–Crippen MR) is 91.6 cm³/mol. The number of halogens is 1. The smallest absolute Gasteiger partial charge is 0.143 e. The van der Waals surface area contributed by atoms with Gasteiger partial charge >= 0.3 is 0 Å². The average molecular weight is 312 g/mol. The summed E-state index contributed by atoms with van der Waals surface area (Å²) in [5.41, 5.74) is 2.16. The quantitative estimate of drug-likeness (QED) is 0.745. The van der Waals surface area contributed by atoms with Crippen LogP contribution in [0.15, 0.2) is 54.7 Å². The van der Waals surface area contributed by atoms with Crippen LogP contribution in [0.3, 0.4) is 0 Å². The van der Waals surface area contributed by atoms with Gasteiger partial charge in [-0.15, -0.1) is 0 Å². The highest BCUT2D eigenvalue weighted by Crippen LogP contribution is 2.32. The van der Waals surface area contributed by atoms with E-state index in [-0.39, 0.29) is 11.9 Å². The van der Waals surface area contributed by atoms with E-state index >= 15 is 0 Å². The van der Waals surface area contributed by atoms with Crippen molar-refractivity contribution in [2.45, 2.75) is 12.5 Å². The van der Waals surface area contributed by atoms with Crippen molar-refractivity contribution in [3.63, 3.8) is 0 Å². The molecule has 2 aromatic carbocycles. The van der Waals surface area contributed by atoms with Gasteiger partial charge in [0.15, 0.2) is 0 Å². The zero-order valence-corrected chi connectivity index (χ0v) is 13.4. The van der Waals surface area contributed by atoms with Gasteiger partial charge in [0.25, 0.3) is 0 Å². The molecule has 120 valence electrons. The third-order valence-electron chi connectivity index (χ3n) is 4.18. The molecule has 0 aliphatic heterocycles. The molecule has 1 unspecified atom stereocenters. The van der Waals surface area contributed by atoms with Crippen molar-refractivity contribution in [2.75, 3.05) is 20.7 Å². The van der Waals surface area contributed by atoms with Crippen LogP contribution in [0.4, 0.5) is 4.39 Å². The standard InChI is InChI=1S/C19H21FN2O/c1-21-12-10-17(14-6-8-16(20)9-7-14)22-13-11-15-4-3-5-18(23-2)19(15)22/h3-9,11,13,17,21H,10,12H2,1-2H3. The van der Waals surface area contributed by atoms with Crippen molar-refractivity contribution in [2.24, 2.45) is 0 Å². The lowest BCUT2D eigenvalue weighted by atomic mass is 10.0. The number of hydrogen-bond acceptors (Lipinski definition) is 2. The number of nitrogens with zero attached hydrogens (tertiary/aromatic N) is 1. The monoisotopic (exact) mass is 312 g/mol. The predicted octanol–water partition coefficient (Wildman–Crippen LogP) is 3.99. The number of hydrogen-bond donors (Lipinski definition) is 1. The molecule has 0 spiro atoms. The Morgan fingerprint density at radius 2 is 1.91 bits per heavy atom. The van der Waals surface area contributed by atoms with Crippen molar-refractivity contribution in [1.82, 2.24) is 9.88 Å². The molecule has 0 bridgehead atoms. The Labute approximate surface area is 135 Å². The van der Waals surface area contributed by atoms with Crippen LogP contribution in [0.1, 0.15) is 18.0 Å². The first kappa shape index (κ1) is 15.6. The normalized spacial score (nSPS) is 12.5. The molecule has 1 heterocycles. The highest BCUT2D eigenvalue weighted by atomic mass is 19.1. The fourth-order valence-corrected chi connectivity index (χ4v) is 3.04. The van der Waals surface area contributed by atoms with Gasteiger partial charge < -0.3 is 14.6 Å². The summed E-state index contributed by atoms with van der Waals surface area (Å²) in [5, 5.41) is 4.34. The fraction of sp³-hybridized carbons (Fsp3) is 0.263. The van der Waals surface area contributed by atoms with Crippen molar-refractivity contribution in [1.29, 1.82) is 0 Å². The van der Waals surface area contributed by atoms with E-state index in [1.165, 1.54) is 12.1 Å². The minimum absolute atomic E-state index is 0.122. The number of rotatable bonds is 6. The lowest BCUT2D eigenvalue weighted by molar-refractivity contribution is 0.415. The summed E-state index contributed by atoms with van der Waals surface area (Å²) in [4.78, 5) is 0. The van der Waals surface area contributed by atoms with E-state index in [0.29, 0.717) is 0 Å². The Kier molecular flexibility index (Phi) is 4.63. The molecule has 0 amide bonds. The number of fused-ring (bicyclic) bond motifs is 1. The molecule has 4 heteroatoms. The van der Waals surface area contributed by atoms with Gasteiger partial charge in [0, 0.05) is 11.6 Å². The molecule has 0 radical (unpaired) electrons. The summed E-state index contributed by atoms with van der Waals surface area (Å²) in [6.07, 6.45) is 2.99. The Morgan fingerprint density at radius 1 is 1.13 bits per heavy atom. The van der Waals surface area contributed by atoms with Crippen LogP contribution >= 0.6 is 0 Å². The number of ether oxygens (including phenoxy) is 1. The van der Waals surface area contributed by atoms with Crippen LogP contribution in [-0.4, -0.2) is 25.3 Å². The Bertz CT molecular complexity index is 780. The number of benzene rings is 2. The van der Waals surface area contributed by atoms with Crippen LogP contribution in [0.25, 0.3) is 10.9 Å². The van der Waals surface area contributed by atoms with Gasteiger partial charge in [0.05, 0.1) is 18.7 Å². The van der Waals surface area contributed by atoms with Crippen LogP contribution in [0.5, 0.6) is 5.75 Å². The van der Waals surface area contributed by atoms with Gasteiger partial charge in [-0.2, -0.15) is 0 Å². The van der Waals surface area contributed by atoms with Gasteiger partial charge in [0.2, 0.25) is 0 Å². The van der Waals surface area contributed by atoms with Gasteiger partial charge in [-0.1, -0.05) is 24.3 Å². The summed E-state index contributed by atoms with van der Waals surface area (Å²) in [7, 11) is 3.63. The second kappa shape index (κ2) is 6.84. The topological polar surface area (TPSA) is 26.2 Å². The van der Waals surface area contributed by atoms with E-state index in [4.69, 9.17) is 4.74 Å². The van der Waals surface area contributed by atoms with E-state index in [9.17, 15) is 4.39 Å². The maximum Gasteiger partial charge on any atom is 0.143 e. The number of methoxy groups -OCH3 is 1. The lowest BCUT2D eigenvalue weighted by Crippen LogP contribution is -2.17. The molecular formula is C19H21FN2O. The minimum atomic E-state index is -0.212. The summed E-state index contributed by atoms with van der Waals surface area (Å²) in [6, 6.07) is 15.0. The highest BCUT2D eigenvalue weighted by molar-refractivity contribution is 5.86. The molecule has 3 aromatic rings. The summed E-state index contributed by atoms with van der Waals surface area (Å²) in [6.45, 7) is 0.872. The maximum atomic E-state index is 13.3. The molecular weight excluding hydrogens is 291 g/mol. The van der Waals surface area contributed by atoms with Crippen molar-refractivity contribution in [3.8, 4) is 5.75 Å². The molecule has 0 fully saturated rings. The molecule has 0 aliphatic rings. The molecule has 23 heavy (non-hydrogen) atoms. The Hall–Kier alpha value is -2.33. The second-order valence-corrected chi connectivity index (χ2v) is 5.58. The van der Waals surface area contributed by atoms with Crippen LogP contribution in [0, 0.1) is 5.82 Å². The lowest BCUT2D eigenvalue weighted by Gasteiger charge is -2.22. The van der Waals surface area contributed by atoms with Crippen LogP contribution in [0.2, 0.25) is 0 Å². The molecule has 0 saturated carbocycles. The van der Waals surface area contributed by atoms with Gasteiger partial charge in [-0.25, -0.2) is 4.39 Å². The molecule has 0 saturated heterocycles. The van der Waals surface area contributed by atoms with Gasteiger partial charge in [-0.05, 0) is 49.8 Å². The molecule has 3 nitrogen and oxygen atoms in total. The summed E-state index contributed by atoms with van der Waals surface area (Å²) >= 11 is 0. The first-order valence-electron chi connectivity index (χ1n) is 7.78. The van der Waals surface area contributed by atoms with Crippen LogP contribution < -0.4 is 10.1 Å². The van der Waals surface area contributed by atoms with Crippen molar-refractivity contribution in [3.05, 3.63) is 66.1 Å². The maximum absolute atomic E-state index is 13.3. The zero-order chi connectivity index (χ0) is 16.2. The molecule has 0 aliphatic carbocycles. The third-order valence-corrected chi connectivity index (χ3v) is 4.18. The second-order valence-electron chi connectivity index (χ2n) is 5.58. The fourth-order valence-electron chi connectivity index (χ4n) is 3.04. The zero-order valence-electron chi connectivity index (χ0n) is 13.4. The number of aromatic nitrogens is 1. The largest absolute Gasteiger partial charge is 0.495 e.